The van der Waals surface area contributed by atoms with Crippen molar-refractivity contribution in [3.05, 3.63) is 35.6 Å². The fraction of sp³-hybridized carbons (Fsp3) is 0.429. The second-order valence-corrected chi connectivity index (χ2v) is 5.01. The Hall–Kier alpha value is -2.04. The highest BCUT2D eigenvalue weighted by molar-refractivity contribution is 5.97. The van der Waals surface area contributed by atoms with Gasteiger partial charge in [0, 0.05) is 30.7 Å². The molecule has 0 spiro atoms. The van der Waals surface area contributed by atoms with Crippen molar-refractivity contribution < 1.29 is 19.1 Å². The smallest absolute Gasteiger partial charge is 0.336 e. The zero-order chi connectivity index (χ0) is 13.6. The van der Waals surface area contributed by atoms with Crippen molar-refractivity contribution in [2.75, 3.05) is 7.05 Å². The van der Waals surface area contributed by atoms with Crippen LogP contribution in [-0.2, 0) is 19.1 Å². The van der Waals surface area contributed by atoms with E-state index in [-0.39, 0.29) is 23.8 Å². The van der Waals surface area contributed by atoms with Gasteiger partial charge in [-0.25, -0.2) is 4.79 Å². The number of hydrogen-bond donors (Lipinski definition) is 0. The molecule has 1 amide bonds. The third kappa shape index (κ3) is 1.85. The van der Waals surface area contributed by atoms with Crippen LogP contribution in [0.1, 0.15) is 13.3 Å². The highest BCUT2D eigenvalue weighted by atomic mass is 16.7. The third-order valence-electron chi connectivity index (χ3n) is 3.82. The molecule has 0 bridgehead atoms. The van der Waals surface area contributed by atoms with Gasteiger partial charge in [-0.2, -0.15) is 0 Å². The molecule has 5 nitrogen and oxygen atoms in total. The van der Waals surface area contributed by atoms with E-state index in [1.165, 1.54) is 6.26 Å². The molecule has 5 heteroatoms. The number of carbonyl (C=O) groups excluding carboxylic acids is 2. The minimum Gasteiger partial charge on any atom is -0.458 e. The molecule has 3 atom stereocenters. The quantitative estimate of drug-likeness (QED) is 0.324. The number of rotatable bonds is 2. The van der Waals surface area contributed by atoms with Crippen LogP contribution in [0.5, 0.6) is 0 Å². The Morgan fingerprint density at radius 2 is 2.26 bits per heavy atom. The van der Waals surface area contributed by atoms with Gasteiger partial charge in [0.05, 0.1) is 11.8 Å². The molecule has 2 aliphatic heterocycles. The minimum absolute atomic E-state index is 0.0237. The number of nitrogens with zero attached hydrogens (tertiary/aromatic N) is 1. The molecule has 0 radical (unpaired) electrons. The minimum atomic E-state index is -0.720. The molecular weight excluding hydrogens is 246 g/mol. The van der Waals surface area contributed by atoms with Crippen LogP contribution in [0.2, 0.25) is 0 Å². The highest BCUT2D eigenvalue weighted by Crippen LogP contribution is 2.37. The Morgan fingerprint density at radius 1 is 1.47 bits per heavy atom. The lowest BCUT2D eigenvalue weighted by Crippen LogP contribution is -2.28. The zero-order valence-electron chi connectivity index (χ0n) is 10.8. The summed E-state index contributed by atoms with van der Waals surface area (Å²) in [5.41, 5.74) is 1.15. The molecular formula is C14H15NO4. The van der Waals surface area contributed by atoms with Gasteiger partial charge in [0.1, 0.15) is 0 Å². The molecule has 100 valence electrons. The lowest BCUT2D eigenvalue weighted by atomic mass is 10.0. The number of cyclic esters (lactones) is 1. The summed E-state index contributed by atoms with van der Waals surface area (Å²) >= 11 is 0. The van der Waals surface area contributed by atoms with Crippen LogP contribution in [0.4, 0.5) is 0 Å². The van der Waals surface area contributed by atoms with Crippen LogP contribution >= 0.6 is 0 Å². The predicted octanol–water partition coefficient (Wildman–Crippen LogP) is 1.13. The van der Waals surface area contributed by atoms with Crippen molar-refractivity contribution in [2.24, 2.45) is 5.92 Å². The van der Waals surface area contributed by atoms with Gasteiger partial charge in [-0.3, -0.25) is 4.79 Å². The molecule has 3 unspecified atom stereocenters. The van der Waals surface area contributed by atoms with E-state index in [4.69, 9.17) is 9.47 Å². The van der Waals surface area contributed by atoms with Gasteiger partial charge in [-0.05, 0) is 13.3 Å². The summed E-state index contributed by atoms with van der Waals surface area (Å²) in [7, 11) is 1.80. The molecule has 19 heavy (non-hydrogen) atoms. The summed E-state index contributed by atoms with van der Waals surface area (Å²) in [6.07, 6.45) is 7.30. The van der Waals surface area contributed by atoms with Crippen LogP contribution in [0, 0.1) is 5.92 Å². The van der Waals surface area contributed by atoms with Crippen molar-refractivity contribution in [3.63, 3.8) is 0 Å². The normalized spacial score (nSPS) is 34.8. The molecule has 0 aromatic rings. The summed E-state index contributed by atoms with van der Waals surface area (Å²) < 4.78 is 10.4. The van der Waals surface area contributed by atoms with E-state index in [1.54, 1.807) is 24.9 Å². The molecule has 3 aliphatic rings. The number of amides is 1. The number of esters is 1. The maximum atomic E-state index is 12.1. The van der Waals surface area contributed by atoms with Crippen molar-refractivity contribution in [3.8, 4) is 0 Å². The lowest BCUT2D eigenvalue weighted by molar-refractivity contribution is -0.152. The van der Waals surface area contributed by atoms with Gasteiger partial charge in [0.2, 0.25) is 0 Å². The second kappa shape index (κ2) is 4.26. The van der Waals surface area contributed by atoms with Crippen molar-refractivity contribution in [1.82, 2.24) is 4.90 Å². The van der Waals surface area contributed by atoms with Gasteiger partial charge in [0.15, 0.2) is 0 Å². The van der Waals surface area contributed by atoms with E-state index in [0.717, 1.165) is 6.42 Å². The van der Waals surface area contributed by atoms with Crippen LogP contribution < -0.4 is 0 Å². The molecule has 2 heterocycles. The standard InChI is InChI=1S/C14H15NO4/c1-8-6-12(19-14(8)17)18-7-10-9-4-3-5-11(9)15(2)13(10)16/h3-4,6-7,9,11-12H,5H2,1-2H3. The summed E-state index contributed by atoms with van der Waals surface area (Å²) in [5, 5.41) is 0. The Labute approximate surface area is 111 Å². The summed E-state index contributed by atoms with van der Waals surface area (Å²) in [6, 6.07) is 0.200. The predicted molar refractivity (Wildman–Crippen MR) is 66.6 cm³/mol. The van der Waals surface area contributed by atoms with Crippen LogP contribution in [0.3, 0.4) is 0 Å². The first-order valence-corrected chi connectivity index (χ1v) is 6.26. The number of ether oxygens (including phenoxy) is 2. The first kappa shape index (κ1) is 12.0. The maximum absolute atomic E-state index is 12.1. The van der Waals surface area contributed by atoms with Crippen LogP contribution in [0.25, 0.3) is 0 Å². The van der Waals surface area contributed by atoms with Crippen molar-refractivity contribution in [1.29, 1.82) is 0 Å². The molecule has 1 fully saturated rings. The fourth-order valence-electron chi connectivity index (χ4n) is 2.69. The van der Waals surface area contributed by atoms with E-state index in [9.17, 15) is 9.59 Å². The van der Waals surface area contributed by atoms with E-state index < -0.39 is 6.29 Å². The number of likely N-dealkylation sites (tertiary alicyclic amines) is 1. The van der Waals surface area contributed by atoms with Crippen molar-refractivity contribution >= 4 is 11.9 Å². The van der Waals surface area contributed by atoms with Gasteiger partial charge >= 0.3 is 5.97 Å². The van der Waals surface area contributed by atoms with Crippen molar-refractivity contribution in [2.45, 2.75) is 25.7 Å². The average Bonchev–Trinajstić information content (AvgIpc) is 3.01. The number of fused-ring (bicyclic) bond motifs is 1. The molecule has 0 saturated carbocycles. The number of hydrogen-bond acceptors (Lipinski definition) is 4. The maximum Gasteiger partial charge on any atom is 0.336 e. The first-order valence-electron chi connectivity index (χ1n) is 6.26. The summed E-state index contributed by atoms with van der Waals surface area (Å²) in [6.45, 7) is 1.67. The van der Waals surface area contributed by atoms with E-state index in [1.807, 2.05) is 6.08 Å². The number of carbonyl (C=O) groups is 2. The van der Waals surface area contributed by atoms with Crippen LogP contribution in [0.15, 0.2) is 35.6 Å². The molecule has 3 rings (SSSR count). The van der Waals surface area contributed by atoms with Gasteiger partial charge in [-0.15, -0.1) is 0 Å². The first-order chi connectivity index (χ1) is 9.08. The zero-order valence-corrected chi connectivity index (χ0v) is 10.8. The molecule has 0 aromatic carbocycles. The SMILES string of the molecule is CC1=CC(OC=C2C(=O)N(C)C3CC=CC23)OC1=O. The number of likely N-dealkylation sites (N-methyl/N-ethyl adjacent to an activating group) is 1. The fourth-order valence-corrected chi connectivity index (χ4v) is 2.69. The second-order valence-electron chi connectivity index (χ2n) is 5.01. The third-order valence-corrected chi connectivity index (χ3v) is 3.82. The van der Waals surface area contributed by atoms with Gasteiger partial charge < -0.3 is 14.4 Å². The van der Waals surface area contributed by atoms with E-state index >= 15 is 0 Å². The Kier molecular flexibility index (Phi) is 2.69. The molecule has 1 saturated heterocycles. The molecule has 1 aliphatic carbocycles. The lowest BCUT2D eigenvalue weighted by Gasteiger charge is -2.16. The van der Waals surface area contributed by atoms with Gasteiger partial charge in [-0.1, -0.05) is 12.2 Å². The monoisotopic (exact) mass is 261 g/mol. The summed E-state index contributed by atoms with van der Waals surface area (Å²) in [5.74, 6) is -0.319. The summed E-state index contributed by atoms with van der Waals surface area (Å²) in [4.78, 5) is 25.0. The van der Waals surface area contributed by atoms with E-state index in [0.29, 0.717) is 11.1 Å². The largest absolute Gasteiger partial charge is 0.458 e. The highest BCUT2D eigenvalue weighted by Gasteiger charge is 2.42. The molecule has 0 N–H and O–H groups in total. The average molecular weight is 261 g/mol. The van der Waals surface area contributed by atoms with E-state index in [2.05, 4.69) is 6.08 Å². The Bertz CT molecular complexity index is 532. The molecule has 0 aromatic heterocycles. The Morgan fingerprint density at radius 3 is 2.95 bits per heavy atom. The van der Waals surface area contributed by atoms with Gasteiger partial charge in [0.25, 0.3) is 12.2 Å². The van der Waals surface area contributed by atoms with Crippen LogP contribution in [-0.4, -0.2) is 36.2 Å². The topological polar surface area (TPSA) is 55.8 Å². The Balaban J connectivity index is 1.75.